The van der Waals surface area contributed by atoms with Gasteiger partial charge in [-0.25, -0.2) is 0 Å². The van der Waals surface area contributed by atoms with E-state index >= 15 is 0 Å². The summed E-state index contributed by atoms with van der Waals surface area (Å²) in [7, 11) is 0. The second kappa shape index (κ2) is 4.88. The predicted octanol–water partition coefficient (Wildman–Crippen LogP) is 2.82. The van der Waals surface area contributed by atoms with E-state index in [0.29, 0.717) is 12.1 Å². The predicted molar refractivity (Wildman–Crippen MR) is 67.0 cm³/mol. The van der Waals surface area contributed by atoms with E-state index in [0.717, 1.165) is 25.1 Å². The van der Waals surface area contributed by atoms with Crippen LogP contribution in [0.5, 0.6) is 5.75 Å². The molecule has 88 valence electrons. The van der Waals surface area contributed by atoms with Crippen LogP contribution in [-0.4, -0.2) is 18.7 Å². The summed E-state index contributed by atoms with van der Waals surface area (Å²) >= 11 is 0. The highest BCUT2D eigenvalue weighted by Crippen LogP contribution is 2.28. The van der Waals surface area contributed by atoms with Gasteiger partial charge in [0.1, 0.15) is 11.9 Å². The molecule has 1 aliphatic carbocycles. The van der Waals surface area contributed by atoms with Crippen molar-refractivity contribution in [2.24, 2.45) is 0 Å². The molecule has 0 spiro atoms. The fourth-order valence-electron chi connectivity index (χ4n) is 2.13. The van der Waals surface area contributed by atoms with Gasteiger partial charge in [-0.05, 0) is 50.4 Å². The summed E-state index contributed by atoms with van der Waals surface area (Å²) in [5, 5.41) is 3.44. The molecule has 2 nitrogen and oxygen atoms in total. The molecule has 1 aromatic carbocycles. The summed E-state index contributed by atoms with van der Waals surface area (Å²) in [6.07, 6.45) is 2.69. The minimum atomic E-state index is 0.407. The standard InChI is InChI=1S/C14H21NO/c1-4-15-12-8-13(9-12)16-14-7-10(2)5-6-11(14)3/h5-7,12-13,15H,4,8-9H2,1-3H3. The lowest BCUT2D eigenvalue weighted by atomic mass is 9.89. The SMILES string of the molecule is CCNC1CC(Oc2cc(C)ccc2C)C1. The van der Waals surface area contributed by atoms with Gasteiger partial charge in [0, 0.05) is 6.04 Å². The molecule has 0 saturated heterocycles. The molecule has 1 N–H and O–H groups in total. The summed E-state index contributed by atoms with van der Waals surface area (Å²) in [6, 6.07) is 7.06. The quantitative estimate of drug-likeness (QED) is 0.840. The molecule has 0 aromatic heterocycles. The van der Waals surface area contributed by atoms with Gasteiger partial charge < -0.3 is 10.1 Å². The van der Waals surface area contributed by atoms with Crippen molar-refractivity contribution in [3.8, 4) is 5.75 Å². The third-order valence-corrected chi connectivity index (χ3v) is 3.22. The Hall–Kier alpha value is -1.02. The monoisotopic (exact) mass is 219 g/mol. The third-order valence-electron chi connectivity index (χ3n) is 3.22. The van der Waals surface area contributed by atoms with Crippen molar-refractivity contribution < 1.29 is 4.74 Å². The Morgan fingerprint density at radius 3 is 2.75 bits per heavy atom. The highest BCUT2D eigenvalue weighted by molar-refractivity contribution is 5.36. The van der Waals surface area contributed by atoms with E-state index in [1.807, 2.05) is 0 Å². The molecule has 2 rings (SSSR count). The smallest absolute Gasteiger partial charge is 0.122 e. The Bertz CT molecular complexity index is 356. The lowest BCUT2D eigenvalue weighted by molar-refractivity contribution is 0.0852. The molecule has 1 aliphatic rings. The number of benzene rings is 1. The molecular formula is C14H21NO. The average Bonchev–Trinajstić information content (AvgIpc) is 2.20. The van der Waals surface area contributed by atoms with E-state index in [4.69, 9.17) is 4.74 Å². The summed E-state index contributed by atoms with van der Waals surface area (Å²) in [6.45, 7) is 7.42. The molecule has 0 unspecified atom stereocenters. The number of hydrogen-bond donors (Lipinski definition) is 1. The Morgan fingerprint density at radius 1 is 1.31 bits per heavy atom. The number of rotatable bonds is 4. The van der Waals surface area contributed by atoms with Gasteiger partial charge in [0.2, 0.25) is 0 Å². The maximum atomic E-state index is 6.00. The van der Waals surface area contributed by atoms with Gasteiger partial charge in [-0.1, -0.05) is 19.1 Å². The van der Waals surface area contributed by atoms with E-state index in [9.17, 15) is 0 Å². The normalized spacial score (nSPS) is 23.9. The molecule has 0 amide bonds. The highest BCUT2D eigenvalue weighted by Gasteiger charge is 2.30. The number of ether oxygens (including phenoxy) is 1. The lowest BCUT2D eigenvalue weighted by Crippen LogP contribution is -2.46. The van der Waals surface area contributed by atoms with Crippen molar-refractivity contribution >= 4 is 0 Å². The fourth-order valence-corrected chi connectivity index (χ4v) is 2.13. The molecule has 1 aromatic rings. The zero-order chi connectivity index (χ0) is 11.5. The fraction of sp³-hybridized carbons (Fsp3) is 0.571. The largest absolute Gasteiger partial charge is 0.490 e. The first-order chi connectivity index (χ1) is 7.69. The van der Waals surface area contributed by atoms with E-state index in [2.05, 4.69) is 44.3 Å². The number of hydrogen-bond acceptors (Lipinski definition) is 2. The molecule has 0 atom stereocenters. The van der Waals surface area contributed by atoms with Gasteiger partial charge >= 0.3 is 0 Å². The first-order valence-electron chi connectivity index (χ1n) is 6.16. The molecular weight excluding hydrogens is 198 g/mol. The maximum absolute atomic E-state index is 6.00. The Morgan fingerprint density at radius 2 is 2.06 bits per heavy atom. The van der Waals surface area contributed by atoms with Gasteiger partial charge in [-0.2, -0.15) is 0 Å². The molecule has 2 heteroatoms. The van der Waals surface area contributed by atoms with Crippen LogP contribution in [-0.2, 0) is 0 Å². The second-order valence-corrected chi connectivity index (χ2v) is 4.73. The highest BCUT2D eigenvalue weighted by atomic mass is 16.5. The first kappa shape index (κ1) is 11.5. The van der Waals surface area contributed by atoms with Crippen molar-refractivity contribution in [3.63, 3.8) is 0 Å². The van der Waals surface area contributed by atoms with Crippen LogP contribution in [0, 0.1) is 13.8 Å². The van der Waals surface area contributed by atoms with Crippen molar-refractivity contribution in [3.05, 3.63) is 29.3 Å². The van der Waals surface area contributed by atoms with Gasteiger partial charge in [0.25, 0.3) is 0 Å². The zero-order valence-corrected chi connectivity index (χ0v) is 10.4. The van der Waals surface area contributed by atoms with E-state index in [-0.39, 0.29) is 0 Å². The van der Waals surface area contributed by atoms with Gasteiger partial charge in [0.05, 0.1) is 0 Å². The third kappa shape index (κ3) is 2.56. The van der Waals surface area contributed by atoms with Crippen molar-refractivity contribution in [2.45, 2.75) is 45.8 Å². The maximum Gasteiger partial charge on any atom is 0.122 e. The molecule has 0 radical (unpaired) electrons. The first-order valence-corrected chi connectivity index (χ1v) is 6.16. The number of aryl methyl sites for hydroxylation is 2. The Balaban J connectivity index is 1.89. The topological polar surface area (TPSA) is 21.3 Å². The van der Waals surface area contributed by atoms with Crippen molar-refractivity contribution in [1.29, 1.82) is 0 Å². The van der Waals surface area contributed by atoms with E-state index in [1.54, 1.807) is 0 Å². The van der Waals surface area contributed by atoms with Crippen LogP contribution in [0.2, 0.25) is 0 Å². The summed E-state index contributed by atoms with van der Waals surface area (Å²) < 4.78 is 6.00. The van der Waals surface area contributed by atoms with Gasteiger partial charge in [-0.3, -0.25) is 0 Å². The summed E-state index contributed by atoms with van der Waals surface area (Å²) in [5.74, 6) is 1.06. The van der Waals surface area contributed by atoms with Crippen LogP contribution in [0.15, 0.2) is 18.2 Å². The van der Waals surface area contributed by atoms with Crippen LogP contribution in [0.1, 0.15) is 30.9 Å². The number of nitrogens with one attached hydrogen (secondary N) is 1. The molecule has 1 fully saturated rings. The van der Waals surface area contributed by atoms with Crippen LogP contribution < -0.4 is 10.1 Å². The Kier molecular flexibility index (Phi) is 3.49. The zero-order valence-electron chi connectivity index (χ0n) is 10.4. The van der Waals surface area contributed by atoms with Gasteiger partial charge in [-0.15, -0.1) is 0 Å². The van der Waals surface area contributed by atoms with E-state index < -0.39 is 0 Å². The average molecular weight is 219 g/mol. The molecule has 0 heterocycles. The molecule has 0 bridgehead atoms. The minimum Gasteiger partial charge on any atom is -0.490 e. The van der Waals surface area contributed by atoms with E-state index in [1.165, 1.54) is 11.1 Å². The summed E-state index contributed by atoms with van der Waals surface area (Å²) in [5.41, 5.74) is 2.50. The summed E-state index contributed by atoms with van der Waals surface area (Å²) in [4.78, 5) is 0. The lowest BCUT2D eigenvalue weighted by Gasteiger charge is -2.36. The second-order valence-electron chi connectivity index (χ2n) is 4.73. The van der Waals surface area contributed by atoms with Crippen LogP contribution in [0.25, 0.3) is 0 Å². The molecule has 0 aliphatic heterocycles. The Labute approximate surface area is 98.0 Å². The van der Waals surface area contributed by atoms with Gasteiger partial charge in [0.15, 0.2) is 0 Å². The van der Waals surface area contributed by atoms with Crippen LogP contribution in [0.3, 0.4) is 0 Å². The van der Waals surface area contributed by atoms with Crippen molar-refractivity contribution in [1.82, 2.24) is 5.32 Å². The molecule has 16 heavy (non-hydrogen) atoms. The van der Waals surface area contributed by atoms with Crippen molar-refractivity contribution in [2.75, 3.05) is 6.54 Å². The molecule has 1 saturated carbocycles. The van der Waals surface area contributed by atoms with Crippen LogP contribution in [0.4, 0.5) is 0 Å². The van der Waals surface area contributed by atoms with Crippen LogP contribution >= 0.6 is 0 Å². The minimum absolute atomic E-state index is 0.407.